The number of aryl methyl sites for hydroxylation is 2. The highest BCUT2D eigenvalue weighted by Crippen LogP contribution is 2.32. The minimum Gasteiger partial charge on any atom is -0.321 e. The second-order valence-corrected chi connectivity index (χ2v) is 10.4. The Balaban J connectivity index is 1.66. The smallest absolute Gasteiger partial charge is 0.265 e. The molecule has 1 N–H and O–H groups in total. The number of amides is 1. The number of carbonyl (C=O) groups excluding carboxylic acids is 1. The zero-order valence-electron chi connectivity index (χ0n) is 17.7. The van der Waals surface area contributed by atoms with Gasteiger partial charge in [0.15, 0.2) is 0 Å². The van der Waals surface area contributed by atoms with Crippen LogP contribution in [0.15, 0.2) is 59.5 Å². The zero-order valence-corrected chi connectivity index (χ0v) is 20.1. The maximum absolute atomic E-state index is 13.4. The third kappa shape index (κ3) is 3.99. The molecule has 166 valence electrons. The van der Waals surface area contributed by atoms with Gasteiger partial charge in [-0.25, -0.2) is 8.42 Å². The molecule has 10 heteroatoms. The fraction of sp³-hybridized carbons (Fsp3) is 0.182. The second-order valence-electron chi connectivity index (χ2n) is 7.14. The van der Waals surface area contributed by atoms with Crippen LogP contribution in [0.4, 0.5) is 11.4 Å². The van der Waals surface area contributed by atoms with Crippen LogP contribution in [0.25, 0.3) is 10.2 Å². The lowest BCUT2D eigenvalue weighted by Crippen LogP contribution is -2.31. The maximum Gasteiger partial charge on any atom is 0.265 e. The van der Waals surface area contributed by atoms with Gasteiger partial charge in [0.25, 0.3) is 15.9 Å². The number of benzene rings is 2. The first-order valence-electron chi connectivity index (χ1n) is 9.84. The van der Waals surface area contributed by atoms with E-state index in [1.165, 1.54) is 27.8 Å². The summed E-state index contributed by atoms with van der Waals surface area (Å²) in [5, 5.41) is 8.13. The van der Waals surface area contributed by atoms with E-state index in [0.717, 1.165) is 15.9 Å². The van der Waals surface area contributed by atoms with Crippen molar-refractivity contribution in [3.63, 3.8) is 0 Å². The van der Waals surface area contributed by atoms with Crippen molar-refractivity contribution in [1.82, 2.24) is 9.78 Å². The summed E-state index contributed by atoms with van der Waals surface area (Å²) < 4.78 is 29.8. The number of thiophene rings is 1. The molecule has 0 atom stereocenters. The Bertz CT molecular complexity index is 1380. The molecule has 4 aromatic rings. The van der Waals surface area contributed by atoms with Crippen molar-refractivity contribution in [3.8, 4) is 0 Å². The van der Waals surface area contributed by atoms with Crippen molar-refractivity contribution in [3.05, 3.63) is 70.2 Å². The minimum absolute atomic E-state index is 0.0703. The minimum atomic E-state index is -3.94. The summed E-state index contributed by atoms with van der Waals surface area (Å²) in [4.78, 5) is 14.2. The summed E-state index contributed by atoms with van der Waals surface area (Å²) in [6.45, 7) is 3.87. The lowest BCUT2D eigenvalue weighted by molar-refractivity contribution is 0.103. The quantitative estimate of drug-likeness (QED) is 0.411. The van der Waals surface area contributed by atoms with Crippen molar-refractivity contribution in [1.29, 1.82) is 0 Å². The van der Waals surface area contributed by atoms with Crippen molar-refractivity contribution in [2.24, 2.45) is 7.05 Å². The summed E-state index contributed by atoms with van der Waals surface area (Å²) in [6.07, 6.45) is 0. The van der Waals surface area contributed by atoms with Gasteiger partial charge in [-0.3, -0.25) is 13.8 Å². The van der Waals surface area contributed by atoms with Gasteiger partial charge in [-0.15, -0.1) is 11.3 Å². The van der Waals surface area contributed by atoms with Crippen LogP contribution < -0.4 is 9.62 Å². The summed E-state index contributed by atoms with van der Waals surface area (Å²) in [5.41, 5.74) is 1.72. The molecule has 4 rings (SSSR count). The number of nitrogens with zero attached hydrogens (tertiary/aromatic N) is 3. The normalized spacial score (nSPS) is 11.6. The van der Waals surface area contributed by atoms with E-state index < -0.39 is 10.0 Å². The number of hydrogen-bond acceptors (Lipinski definition) is 5. The van der Waals surface area contributed by atoms with Crippen LogP contribution in [0.2, 0.25) is 5.02 Å². The number of anilines is 2. The second kappa shape index (κ2) is 8.57. The van der Waals surface area contributed by atoms with Gasteiger partial charge >= 0.3 is 0 Å². The summed E-state index contributed by atoms with van der Waals surface area (Å²) >= 11 is 7.60. The van der Waals surface area contributed by atoms with Crippen LogP contribution in [-0.2, 0) is 17.1 Å². The van der Waals surface area contributed by atoms with Gasteiger partial charge in [0.05, 0.1) is 21.3 Å². The molecule has 0 spiro atoms. The molecule has 1 amide bonds. The molecule has 0 unspecified atom stereocenters. The van der Waals surface area contributed by atoms with Crippen molar-refractivity contribution in [2.45, 2.75) is 18.7 Å². The van der Waals surface area contributed by atoms with Crippen LogP contribution in [0.1, 0.15) is 22.3 Å². The predicted molar refractivity (Wildman–Crippen MR) is 129 cm³/mol. The third-order valence-corrected chi connectivity index (χ3v) is 8.59. The van der Waals surface area contributed by atoms with Gasteiger partial charge < -0.3 is 5.32 Å². The number of carbonyl (C=O) groups is 1. The summed E-state index contributed by atoms with van der Waals surface area (Å²) in [6, 6.07) is 15.0. The van der Waals surface area contributed by atoms with Crippen LogP contribution in [0.5, 0.6) is 0 Å². The Morgan fingerprint density at radius 2 is 1.91 bits per heavy atom. The highest BCUT2D eigenvalue weighted by Gasteiger charge is 2.27. The molecule has 0 bridgehead atoms. The number of fused-ring (bicyclic) bond motifs is 1. The third-order valence-electron chi connectivity index (χ3n) is 5.01. The molecule has 0 fully saturated rings. The Hall–Kier alpha value is -2.88. The van der Waals surface area contributed by atoms with Crippen LogP contribution >= 0.6 is 22.9 Å². The average Bonchev–Trinajstić information content (AvgIpc) is 3.32. The number of halogens is 1. The maximum atomic E-state index is 13.4. The highest BCUT2D eigenvalue weighted by atomic mass is 35.5. The zero-order chi connectivity index (χ0) is 23.0. The Morgan fingerprint density at radius 3 is 2.56 bits per heavy atom. The van der Waals surface area contributed by atoms with Crippen LogP contribution in [0, 0.1) is 6.92 Å². The topological polar surface area (TPSA) is 84.3 Å². The first kappa shape index (κ1) is 22.3. The number of sulfonamides is 1. The van der Waals surface area contributed by atoms with Gasteiger partial charge in [0.1, 0.15) is 9.73 Å². The molecule has 7 nitrogen and oxygen atoms in total. The Kier molecular flexibility index (Phi) is 5.98. The molecule has 0 saturated heterocycles. The monoisotopic (exact) mass is 488 g/mol. The fourth-order valence-corrected chi connectivity index (χ4v) is 6.49. The molecule has 0 aliphatic heterocycles. The van der Waals surface area contributed by atoms with Crippen molar-refractivity contribution >= 4 is 60.5 Å². The molecule has 0 radical (unpaired) electrons. The largest absolute Gasteiger partial charge is 0.321 e. The molecule has 0 saturated carbocycles. The summed E-state index contributed by atoms with van der Waals surface area (Å²) in [5.74, 6) is -0.327. The van der Waals surface area contributed by atoms with Gasteiger partial charge in [-0.2, -0.15) is 5.10 Å². The number of aromatic nitrogens is 2. The standard InChI is InChI=1S/C22H21ClN4O3S2/c1-4-27(16-8-6-5-7-9-16)32(29,30)20-12-15(10-11-18(20)23)24-21(28)19-13-17-14(2)25-26(3)22(17)31-19/h5-13H,4H2,1-3H3,(H,24,28). The van der Waals surface area contributed by atoms with Crippen LogP contribution in [-0.4, -0.2) is 30.7 Å². The predicted octanol–water partition coefficient (Wildman–Crippen LogP) is 5.06. The SMILES string of the molecule is CCN(c1ccccc1)S(=O)(=O)c1cc(NC(=O)c2cc3c(C)nn(C)c3s2)ccc1Cl. The van der Waals surface area contributed by atoms with Gasteiger partial charge in [0, 0.05) is 24.7 Å². The fourth-order valence-electron chi connectivity index (χ4n) is 3.49. The van der Waals surface area contributed by atoms with Gasteiger partial charge in [-0.1, -0.05) is 29.8 Å². The van der Waals surface area contributed by atoms with Gasteiger partial charge in [-0.05, 0) is 50.2 Å². The number of hydrogen-bond donors (Lipinski definition) is 1. The summed E-state index contributed by atoms with van der Waals surface area (Å²) in [7, 11) is -2.11. The van der Waals surface area contributed by atoms with E-state index in [-0.39, 0.29) is 22.4 Å². The van der Waals surface area contributed by atoms with Crippen molar-refractivity contribution in [2.75, 3.05) is 16.2 Å². The molecule has 32 heavy (non-hydrogen) atoms. The molecule has 2 aromatic carbocycles. The van der Waals surface area contributed by atoms with Crippen LogP contribution in [0.3, 0.4) is 0 Å². The van der Waals surface area contributed by atoms with E-state index >= 15 is 0 Å². The first-order chi connectivity index (χ1) is 15.2. The molecule has 0 aliphatic carbocycles. The molecule has 2 heterocycles. The molecule has 0 aliphatic rings. The van der Waals surface area contributed by atoms with E-state index in [9.17, 15) is 13.2 Å². The number of nitrogens with one attached hydrogen (secondary N) is 1. The lowest BCUT2D eigenvalue weighted by Gasteiger charge is -2.23. The Labute approximate surface area is 195 Å². The highest BCUT2D eigenvalue weighted by molar-refractivity contribution is 7.93. The number of rotatable bonds is 6. The van der Waals surface area contributed by atoms with E-state index in [1.807, 2.05) is 20.0 Å². The molecular formula is C22H21ClN4O3S2. The van der Waals surface area contributed by atoms with E-state index in [2.05, 4.69) is 10.4 Å². The van der Waals surface area contributed by atoms with E-state index in [1.54, 1.807) is 48.0 Å². The lowest BCUT2D eigenvalue weighted by atomic mass is 10.3. The molecular weight excluding hydrogens is 468 g/mol. The molecule has 2 aromatic heterocycles. The first-order valence-corrected chi connectivity index (χ1v) is 12.5. The van der Waals surface area contributed by atoms with Gasteiger partial charge in [0.2, 0.25) is 0 Å². The average molecular weight is 489 g/mol. The Morgan fingerprint density at radius 1 is 1.19 bits per heavy atom. The van der Waals surface area contributed by atoms with Crippen molar-refractivity contribution < 1.29 is 13.2 Å². The van der Waals surface area contributed by atoms with E-state index in [0.29, 0.717) is 16.3 Å². The number of para-hydroxylation sites is 1. The van der Waals surface area contributed by atoms with E-state index in [4.69, 9.17) is 11.6 Å².